The smallest absolute Gasteiger partial charge is 0.0700 e. The summed E-state index contributed by atoms with van der Waals surface area (Å²) in [6.45, 7) is 8.28. The Bertz CT molecular complexity index is 194. The average Bonchev–Trinajstić information content (AvgIpc) is 2.44. The molecule has 0 saturated carbocycles. The van der Waals surface area contributed by atoms with Gasteiger partial charge >= 0.3 is 0 Å². The van der Waals surface area contributed by atoms with E-state index in [0.717, 1.165) is 45.3 Å². The van der Waals surface area contributed by atoms with Crippen molar-refractivity contribution < 1.29 is 5.11 Å². The van der Waals surface area contributed by atoms with Gasteiger partial charge in [0.15, 0.2) is 0 Å². The van der Waals surface area contributed by atoms with Gasteiger partial charge in [0, 0.05) is 6.54 Å². The number of aliphatic hydroxyl groups is 1. The van der Waals surface area contributed by atoms with Crippen LogP contribution in [0.2, 0.25) is 0 Å². The fourth-order valence-electron chi connectivity index (χ4n) is 2.91. The van der Waals surface area contributed by atoms with E-state index < -0.39 is 5.60 Å². The molecule has 0 aromatic rings. The second-order valence-electron chi connectivity index (χ2n) is 5.14. The van der Waals surface area contributed by atoms with Crippen LogP contribution in [0.25, 0.3) is 0 Å². The minimum atomic E-state index is -0.508. The highest BCUT2D eigenvalue weighted by molar-refractivity contribution is 4.89. The number of likely N-dealkylation sites (tertiary alicyclic amines) is 1. The van der Waals surface area contributed by atoms with E-state index in [-0.39, 0.29) is 5.92 Å². The van der Waals surface area contributed by atoms with Gasteiger partial charge in [-0.15, -0.1) is 0 Å². The predicted molar refractivity (Wildman–Crippen MR) is 68.4 cm³/mol. The Balaban J connectivity index is 2.56. The summed E-state index contributed by atoms with van der Waals surface area (Å²) in [7, 11) is 0. The maximum atomic E-state index is 10.7. The molecule has 3 nitrogen and oxygen atoms in total. The lowest BCUT2D eigenvalue weighted by Gasteiger charge is -2.34. The van der Waals surface area contributed by atoms with Gasteiger partial charge in [0.1, 0.15) is 0 Å². The molecule has 0 aliphatic carbocycles. The second-order valence-corrected chi connectivity index (χ2v) is 5.14. The quantitative estimate of drug-likeness (QED) is 0.751. The maximum absolute atomic E-state index is 10.7. The Morgan fingerprint density at radius 2 is 2.06 bits per heavy atom. The molecule has 0 aromatic carbocycles. The Labute approximate surface area is 100 Å². The van der Waals surface area contributed by atoms with Gasteiger partial charge in [-0.1, -0.05) is 13.8 Å². The van der Waals surface area contributed by atoms with Gasteiger partial charge in [-0.2, -0.15) is 0 Å². The molecule has 1 saturated heterocycles. The summed E-state index contributed by atoms with van der Waals surface area (Å²) in [5.41, 5.74) is 5.26. The highest BCUT2D eigenvalue weighted by Crippen LogP contribution is 2.31. The topological polar surface area (TPSA) is 49.5 Å². The van der Waals surface area contributed by atoms with Crippen molar-refractivity contribution >= 4 is 0 Å². The molecule has 0 radical (unpaired) electrons. The zero-order valence-corrected chi connectivity index (χ0v) is 10.9. The zero-order chi connectivity index (χ0) is 12.0. The van der Waals surface area contributed by atoms with Crippen LogP contribution in [0.4, 0.5) is 0 Å². The van der Waals surface area contributed by atoms with Crippen molar-refractivity contribution in [1.82, 2.24) is 4.90 Å². The van der Waals surface area contributed by atoms with E-state index in [2.05, 4.69) is 18.7 Å². The molecule has 1 fully saturated rings. The van der Waals surface area contributed by atoms with Crippen LogP contribution in [0, 0.1) is 5.92 Å². The van der Waals surface area contributed by atoms with Gasteiger partial charge in [-0.3, -0.25) is 0 Å². The first-order valence-electron chi connectivity index (χ1n) is 6.81. The Hall–Kier alpha value is -0.120. The Morgan fingerprint density at radius 1 is 1.31 bits per heavy atom. The molecule has 1 aliphatic heterocycles. The Morgan fingerprint density at radius 3 is 2.62 bits per heavy atom. The first kappa shape index (κ1) is 13.9. The number of nitrogens with two attached hydrogens (primary N) is 1. The monoisotopic (exact) mass is 228 g/mol. The molecule has 0 spiro atoms. The van der Waals surface area contributed by atoms with Gasteiger partial charge in [0.2, 0.25) is 0 Å². The summed E-state index contributed by atoms with van der Waals surface area (Å²) < 4.78 is 0. The van der Waals surface area contributed by atoms with E-state index >= 15 is 0 Å². The fraction of sp³-hybridized carbons (Fsp3) is 1.00. The maximum Gasteiger partial charge on any atom is 0.0700 e. The summed E-state index contributed by atoms with van der Waals surface area (Å²) >= 11 is 0. The summed E-state index contributed by atoms with van der Waals surface area (Å²) in [6, 6.07) is 0. The molecular formula is C13H28N2O. The molecule has 0 aromatic heterocycles. The van der Waals surface area contributed by atoms with Crippen LogP contribution >= 0.6 is 0 Å². The predicted octanol–water partition coefficient (Wildman–Crippen LogP) is 1.60. The average molecular weight is 228 g/mol. The SMILES string of the molecule is CCCN1CCCC(O)(C(CC)CN)CC1. The van der Waals surface area contributed by atoms with Crippen molar-refractivity contribution in [1.29, 1.82) is 0 Å². The van der Waals surface area contributed by atoms with Crippen molar-refractivity contribution in [2.75, 3.05) is 26.2 Å². The number of nitrogens with zero attached hydrogens (tertiary/aromatic N) is 1. The molecule has 96 valence electrons. The molecule has 16 heavy (non-hydrogen) atoms. The minimum absolute atomic E-state index is 0.272. The van der Waals surface area contributed by atoms with Crippen LogP contribution in [0.3, 0.4) is 0 Å². The lowest BCUT2D eigenvalue weighted by Crippen LogP contribution is -2.42. The van der Waals surface area contributed by atoms with E-state index in [1.54, 1.807) is 0 Å². The van der Waals surface area contributed by atoms with Gasteiger partial charge < -0.3 is 15.7 Å². The molecule has 0 bridgehead atoms. The first-order chi connectivity index (χ1) is 7.66. The van der Waals surface area contributed by atoms with Crippen LogP contribution in [-0.2, 0) is 0 Å². The van der Waals surface area contributed by atoms with Gasteiger partial charge in [-0.25, -0.2) is 0 Å². The molecule has 0 amide bonds. The van der Waals surface area contributed by atoms with Crippen LogP contribution in [0.15, 0.2) is 0 Å². The lowest BCUT2D eigenvalue weighted by molar-refractivity contribution is -0.0294. The minimum Gasteiger partial charge on any atom is -0.390 e. The molecule has 3 N–H and O–H groups in total. The molecule has 1 rings (SSSR count). The standard InChI is InChI=1S/C13H28N2O/c1-3-8-15-9-5-6-13(16,7-10-15)12(4-2)11-14/h12,16H,3-11,14H2,1-2H3. The Kier molecular flexibility index (Phi) is 5.73. The molecule has 2 unspecified atom stereocenters. The van der Waals surface area contributed by atoms with Crippen LogP contribution in [0.5, 0.6) is 0 Å². The third-order valence-electron chi connectivity index (χ3n) is 4.02. The van der Waals surface area contributed by atoms with Crippen LogP contribution in [0.1, 0.15) is 46.0 Å². The van der Waals surface area contributed by atoms with Gasteiger partial charge in [0.05, 0.1) is 5.60 Å². The van der Waals surface area contributed by atoms with E-state index in [4.69, 9.17) is 5.73 Å². The second kappa shape index (κ2) is 6.58. The molecule has 1 aliphatic rings. The summed E-state index contributed by atoms with van der Waals surface area (Å²) in [6.07, 6.45) is 5.10. The zero-order valence-electron chi connectivity index (χ0n) is 10.9. The van der Waals surface area contributed by atoms with E-state index in [0.29, 0.717) is 6.54 Å². The highest BCUT2D eigenvalue weighted by atomic mass is 16.3. The van der Waals surface area contributed by atoms with Gasteiger partial charge in [-0.05, 0) is 57.7 Å². The highest BCUT2D eigenvalue weighted by Gasteiger charge is 2.36. The van der Waals surface area contributed by atoms with E-state index in [1.165, 1.54) is 6.42 Å². The number of rotatable bonds is 5. The van der Waals surface area contributed by atoms with E-state index in [9.17, 15) is 5.11 Å². The number of hydrogen-bond donors (Lipinski definition) is 2. The summed E-state index contributed by atoms with van der Waals surface area (Å²) in [4.78, 5) is 2.47. The van der Waals surface area contributed by atoms with Crippen molar-refractivity contribution in [3.8, 4) is 0 Å². The number of hydrogen-bond acceptors (Lipinski definition) is 3. The molecule has 2 atom stereocenters. The molecular weight excluding hydrogens is 200 g/mol. The van der Waals surface area contributed by atoms with Crippen LogP contribution < -0.4 is 5.73 Å². The van der Waals surface area contributed by atoms with Gasteiger partial charge in [0.25, 0.3) is 0 Å². The fourth-order valence-corrected chi connectivity index (χ4v) is 2.91. The van der Waals surface area contributed by atoms with E-state index in [1.807, 2.05) is 0 Å². The lowest BCUT2D eigenvalue weighted by atomic mass is 9.80. The third kappa shape index (κ3) is 3.44. The van der Waals surface area contributed by atoms with Crippen LogP contribution in [-0.4, -0.2) is 41.8 Å². The van der Waals surface area contributed by atoms with Crippen molar-refractivity contribution in [2.24, 2.45) is 11.7 Å². The largest absolute Gasteiger partial charge is 0.390 e. The first-order valence-corrected chi connectivity index (χ1v) is 6.81. The van der Waals surface area contributed by atoms with Crippen molar-refractivity contribution in [3.63, 3.8) is 0 Å². The third-order valence-corrected chi connectivity index (χ3v) is 4.02. The normalized spacial score (nSPS) is 30.0. The molecule has 3 heteroatoms. The summed E-state index contributed by atoms with van der Waals surface area (Å²) in [5, 5.41) is 10.7. The molecule has 1 heterocycles. The van der Waals surface area contributed by atoms with Crippen molar-refractivity contribution in [3.05, 3.63) is 0 Å². The van der Waals surface area contributed by atoms with Crippen molar-refractivity contribution in [2.45, 2.75) is 51.6 Å². The summed E-state index contributed by atoms with van der Waals surface area (Å²) in [5.74, 6) is 0.272.